The lowest BCUT2D eigenvalue weighted by Crippen LogP contribution is -2.52. The molecule has 34 heteroatoms. The van der Waals surface area contributed by atoms with Gasteiger partial charge in [-0.25, -0.2) is 17.6 Å². The highest BCUT2D eigenvalue weighted by Crippen LogP contribution is 2.38. The number of aliphatic hydroxyl groups excluding tert-OH is 3. The molecule has 5 unspecified atom stereocenters. The minimum atomic E-state index is -1.43. The largest absolute Gasteiger partial charge is 0.461 e. The summed E-state index contributed by atoms with van der Waals surface area (Å²) in [6.45, 7) is 28.6. The number of alkyl halides is 4. The Labute approximate surface area is 752 Å². The quantitative estimate of drug-likeness (QED) is 0.0235. The van der Waals surface area contributed by atoms with Gasteiger partial charge in [-0.15, -0.1) is 0 Å². The molecule has 4 amide bonds. The third-order valence-electron chi connectivity index (χ3n) is 22.8. The molecule has 4 aliphatic rings. The van der Waals surface area contributed by atoms with E-state index in [1.54, 1.807) is 114 Å². The Balaban J connectivity index is 0.000000148. The fraction of sp³-hybridized carbons (Fsp3) is 0.458. The van der Waals surface area contributed by atoms with Crippen LogP contribution in [-0.4, -0.2) is 216 Å². The molecule has 12 aromatic rings. The molecule has 2 aliphatic carbocycles. The van der Waals surface area contributed by atoms with Gasteiger partial charge in [0.05, 0.1) is 101 Å². The van der Waals surface area contributed by atoms with Crippen LogP contribution in [0.5, 0.6) is 23.0 Å². The van der Waals surface area contributed by atoms with Crippen molar-refractivity contribution in [3.8, 4) is 68.0 Å². The van der Waals surface area contributed by atoms with E-state index in [-0.39, 0.29) is 79.7 Å². The summed E-state index contributed by atoms with van der Waals surface area (Å²) in [5.74, 6) is 0.614. The van der Waals surface area contributed by atoms with Crippen LogP contribution in [-0.2, 0) is 9.47 Å². The van der Waals surface area contributed by atoms with E-state index in [0.717, 1.165) is 98.1 Å². The predicted octanol–water partition coefficient (Wildman–Crippen LogP) is 15.9. The Morgan fingerprint density at radius 2 is 0.800 bits per heavy atom. The van der Waals surface area contributed by atoms with Crippen LogP contribution in [0.4, 0.5) is 17.6 Å². The summed E-state index contributed by atoms with van der Waals surface area (Å²) in [6, 6.07) is 35.8. The summed E-state index contributed by atoms with van der Waals surface area (Å²) in [7, 11) is 0. The molecule has 130 heavy (non-hydrogen) atoms. The summed E-state index contributed by atoms with van der Waals surface area (Å²) < 4.78 is 92.1. The van der Waals surface area contributed by atoms with Crippen molar-refractivity contribution in [1.29, 1.82) is 0 Å². The summed E-state index contributed by atoms with van der Waals surface area (Å²) in [5.41, 5.74) is 11.3. The Hall–Kier alpha value is -12.1. The van der Waals surface area contributed by atoms with E-state index in [1.165, 1.54) is 46.3 Å². The first-order valence-corrected chi connectivity index (χ1v) is 44.4. The lowest BCUT2D eigenvalue weighted by molar-refractivity contribution is 0.0126. The molecule has 16 rings (SSSR count). The van der Waals surface area contributed by atoms with E-state index >= 15 is 0 Å². The number of carbonyl (C=O) groups excluding carboxylic acids is 4. The molecule has 4 aromatic carbocycles. The number of carbonyl (C=O) groups is 4. The minimum Gasteiger partial charge on any atom is -0.461 e. The van der Waals surface area contributed by atoms with E-state index in [4.69, 9.17) is 48.8 Å². The first-order chi connectivity index (χ1) is 62.2. The molecule has 7 N–H and O–H groups in total. The van der Waals surface area contributed by atoms with Crippen molar-refractivity contribution in [2.75, 3.05) is 52.7 Å². The Morgan fingerprint density at radius 1 is 0.454 bits per heavy atom. The van der Waals surface area contributed by atoms with Crippen molar-refractivity contribution >= 4 is 67.8 Å². The van der Waals surface area contributed by atoms with Crippen LogP contribution >= 0.6 is 0 Å². The second-order valence-electron chi connectivity index (χ2n) is 35.0. The van der Waals surface area contributed by atoms with Crippen molar-refractivity contribution in [3.05, 3.63) is 168 Å². The zero-order valence-corrected chi connectivity index (χ0v) is 75.8. The van der Waals surface area contributed by atoms with Gasteiger partial charge in [0.15, 0.2) is 0 Å². The second-order valence-corrected chi connectivity index (χ2v) is 35.0. The highest BCUT2D eigenvalue weighted by atomic mass is 19.2. The van der Waals surface area contributed by atoms with Crippen molar-refractivity contribution < 1.29 is 80.5 Å². The van der Waals surface area contributed by atoms with Gasteiger partial charge in [-0.1, -0.05) is 61.4 Å². The minimum absolute atomic E-state index is 0.0173. The smallest absolute Gasteiger partial charge is 0.253 e. The van der Waals surface area contributed by atoms with Crippen LogP contribution in [0.3, 0.4) is 0 Å². The average molecular weight is 1790 g/mol. The second kappa shape index (κ2) is 42.2. The molecule has 0 spiro atoms. The van der Waals surface area contributed by atoms with Gasteiger partial charge in [0.1, 0.15) is 67.8 Å². The molecule has 2 saturated carbocycles. The van der Waals surface area contributed by atoms with Crippen molar-refractivity contribution in [3.63, 3.8) is 0 Å². The van der Waals surface area contributed by atoms with Crippen LogP contribution < -0.4 is 40.2 Å². The standard InChI is InChI=1S/C27H34FN5O3.C24H29FN4O3.C23H27FN4O4.C22H27FN4O3/c1-17(2)33-24-15-20(27(34)30-22-8-5-9-23(22)32-10-12-35-13-11-32)16-29-26(24)25(31-33)19-6-4-7-21(14-19)36-18(3)28;1-14(2)29-20-12-17(24(31)27-19-9-4-5-10-21(19)30)13-26-23(20)22(28-29)16-7-6-8-18(11-16)32-15(3)25;1-14(2)28-19-10-17(22(30)26-23(12-29)7-8-31-13-23)11-25-21(19)20(27-28)16-5-4-6-18(9-16)32-15(3)24;1-13(2)27-18-10-16(21(29)25-22(4,5)12-28)11-24-20(18)19(26-27)15-7-6-8-17(9-15)30-14(3)23/h4,6-7,14-18,22-23H,5,8-13H2,1-3H3,(H,30,34);6-8,11-15,19,21,30H,4-5,9-10H2,1-3H3,(H,27,31);4-6,9-11,14-15,29H,7-8,12-13H2,1-3H3,(H,26,30);6-11,13-14,28H,12H2,1-5H3,(H,25,29)/t18?,22-,23-;15?,19?,21-;15?,23-;/m100./s1. The molecule has 2 saturated heterocycles. The number of aliphatic hydroxyl groups is 3. The molecule has 0 radical (unpaired) electrons. The number of hydrogen-bond donors (Lipinski definition) is 7. The molecule has 2 aliphatic heterocycles. The summed E-state index contributed by atoms with van der Waals surface area (Å²) >= 11 is 0. The van der Waals surface area contributed by atoms with Crippen LogP contribution in [0.25, 0.3) is 89.2 Å². The van der Waals surface area contributed by atoms with Crippen LogP contribution in [0.2, 0.25) is 0 Å². The van der Waals surface area contributed by atoms with Crippen LogP contribution in [0.15, 0.2) is 146 Å². The summed E-state index contributed by atoms with van der Waals surface area (Å²) in [6.07, 6.45) is 7.13. The number of aromatic nitrogens is 12. The summed E-state index contributed by atoms with van der Waals surface area (Å²) in [5, 5.41) is 60.2. The SMILES string of the molecule is CC(F)Oc1cccc(-c2nn(C(C)C)c3cc(C(=O)NC(C)(C)CO)cnc23)c1.CC(F)Oc1cccc(-c2nn(C(C)C)c3cc(C(=O)NC4CCCC[C@@H]4O)cnc23)c1.CC(F)Oc1cccc(-c2nn(C(C)C)c3cc(C(=O)N[C@@H]4CCC[C@H]4N4CCOCC4)cnc23)c1.CC(F)Oc1cccc(-c2nn(C(C)C)c3cc(C(=O)N[C@]4(CO)CCOC4)cnc23)c1. The molecule has 692 valence electrons. The number of fused-ring (bicyclic) bond motifs is 4. The maximum atomic E-state index is 13.4. The highest BCUT2D eigenvalue weighted by molar-refractivity contribution is 6.03. The van der Waals surface area contributed by atoms with Gasteiger partial charge >= 0.3 is 0 Å². The Kier molecular flexibility index (Phi) is 31.0. The molecule has 4 fully saturated rings. The summed E-state index contributed by atoms with van der Waals surface area (Å²) in [4.78, 5) is 72.4. The monoisotopic (exact) mass is 1790 g/mol. The van der Waals surface area contributed by atoms with Gasteiger partial charge in [0.2, 0.25) is 25.4 Å². The molecule has 8 aromatic heterocycles. The fourth-order valence-corrected chi connectivity index (χ4v) is 16.4. The molecule has 30 nitrogen and oxygen atoms in total. The van der Waals surface area contributed by atoms with Gasteiger partial charge < -0.3 is 65.0 Å². The number of ether oxygens (including phenoxy) is 6. The van der Waals surface area contributed by atoms with Gasteiger partial charge in [-0.05, 0) is 181 Å². The number of nitrogens with zero attached hydrogens (tertiary/aromatic N) is 13. The first kappa shape index (κ1) is 95.5. The Bertz CT molecular complexity index is 5940. The normalized spacial score (nSPS) is 18.7. The van der Waals surface area contributed by atoms with E-state index in [9.17, 15) is 52.1 Å². The maximum Gasteiger partial charge on any atom is 0.253 e. The number of pyridine rings is 4. The number of halogens is 4. The highest BCUT2D eigenvalue weighted by Gasteiger charge is 2.38. The molecule has 9 atom stereocenters. The zero-order valence-electron chi connectivity index (χ0n) is 75.8. The number of rotatable bonds is 27. The number of amides is 4. The molecular formula is C96H117F4N17O13. The van der Waals surface area contributed by atoms with Gasteiger partial charge in [0.25, 0.3) is 23.6 Å². The van der Waals surface area contributed by atoms with Gasteiger partial charge in [-0.2, -0.15) is 20.4 Å². The van der Waals surface area contributed by atoms with E-state index in [1.807, 2.05) is 101 Å². The van der Waals surface area contributed by atoms with Crippen LogP contribution in [0.1, 0.15) is 214 Å². The number of nitrogens with one attached hydrogen (secondary N) is 4. The third kappa shape index (κ3) is 23.0. The number of benzene rings is 4. The molecule has 10 heterocycles. The third-order valence-corrected chi connectivity index (χ3v) is 22.8. The van der Waals surface area contributed by atoms with Crippen molar-refractivity contribution in [2.24, 2.45) is 0 Å². The van der Waals surface area contributed by atoms with Crippen molar-refractivity contribution in [2.45, 2.75) is 233 Å². The van der Waals surface area contributed by atoms with E-state index < -0.39 is 42.6 Å². The first-order valence-electron chi connectivity index (χ1n) is 44.4. The fourth-order valence-electron chi connectivity index (χ4n) is 16.4. The zero-order chi connectivity index (χ0) is 93.0. The number of hydrogen-bond acceptors (Lipinski definition) is 22. The molecular weight excluding hydrogens is 1680 g/mol. The predicted molar refractivity (Wildman–Crippen MR) is 487 cm³/mol. The Morgan fingerprint density at radius 3 is 1.13 bits per heavy atom. The van der Waals surface area contributed by atoms with Crippen LogP contribution in [0, 0.1) is 0 Å². The van der Waals surface area contributed by atoms with E-state index in [2.05, 4.69) is 46.1 Å². The molecule has 0 bridgehead atoms. The average Bonchev–Trinajstić information content (AvgIpc) is 1.63. The van der Waals surface area contributed by atoms with Crippen molar-refractivity contribution in [1.82, 2.24) is 85.2 Å². The number of morpholine rings is 1. The topological polar surface area (TPSA) is 359 Å². The lowest BCUT2D eigenvalue weighted by Gasteiger charge is -2.35. The van der Waals surface area contributed by atoms with Gasteiger partial charge in [0, 0.05) is 131 Å². The van der Waals surface area contributed by atoms with Gasteiger partial charge in [-0.3, -0.25) is 62.7 Å². The maximum absolute atomic E-state index is 13.4. The van der Waals surface area contributed by atoms with E-state index in [0.29, 0.717) is 127 Å². The lowest BCUT2D eigenvalue weighted by atomic mass is 9.92.